The molecule has 5 heteroatoms. The molecule has 0 aliphatic carbocycles. The van der Waals surface area contributed by atoms with Crippen LogP contribution in [0.4, 0.5) is 0 Å². The lowest BCUT2D eigenvalue weighted by atomic mass is 10.1. The van der Waals surface area contributed by atoms with Crippen molar-refractivity contribution in [2.45, 2.75) is 38.8 Å². The van der Waals surface area contributed by atoms with Gasteiger partial charge in [-0.1, -0.05) is 11.6 Å². The maximum Gasteiger partial charge on any atom is 0.180 e. The fourth-order valence-corrected chi connectivity index (χ4v) is 2.20. The van der Waals surface area contributed by atoms with Gasteiger partial charge in [0.2, 0.25) is 0 Å². The molecule has 0 saturated heterocycles. The number of methoxy groups -OCH3 is 2. The van der Waals surface area contributed by atoms with E-state index in [9.17, 15) is 0 Å². The zero-order valence-corrected chi connectivity index (χ0v) is 13.4. The summed E-state index contributed by atoms with van der Waals surface area (Å²) in [5.41, 5.74) is 6.85. The second kappa shape index (κ2) is 8.35. The van der Waals surface area contributed by atoms with Crippen LogP contribution in [-0.4, -0.2) is 33.0 Å². The molecule has 114 valence electrons. The summed E-state index contributed by atoms with van der Waals surface area (Å²) >= 11 is 6.30. The molecule has 0 heterocycles. The average molecular weight is 302 g/mol. The molecular weight excluding hydrogens is 278 g/mol. The Hall–Kier alpha value is -0.970. The number of ether oxygens (including phenoxy) is 3. The minimum absolute atomic E-state index is 0.000585. The first kappa shape index (κ1) is 17.1. The lowest BCUT2D eigenvalue weighted by molar-refractivity contribution is 0.133. The molecule has 1 aromatic carbocycles. The van der Waals surface area contributed by atoms with Crippen molar-refractivity contribution in [3.8, 4) is 11.5 Å². The fraction of sp³-hybridized carbons (Fsp3) is 0.600. The van der Waals surface area contributed by atoms with Crippen molar-refractivity contribution >= 4 is 11.6 Å². The van der Waals surface area contributed by atoms with E-state index in [-0.39, 0.29) is 12.1 Å². The SMILES string of the molecule is COCCC(C)Oc1c(Cl)cc(CC(C)N)cc1OC. The molecule has 0 saturated carbocycles. The molecule has 1 aromatic rings. The van der Waals surface area contributed by atoms with Crippen molar-refractivity contribution in [2.75, 3.05) is 20.8 Å². The molecule has 0 aliphatic heterocycles. The summed E-state index contributed by atoms with van der Waals surface area (Å²) in [6, 6.07) is 3.88. The highest BCUT2D eigenvalue weighted by atomic mass is 35.5. The third-order valence-electron chi connectivity index (χ3n) is 2.89. The van der Waals surface area contributed by atoms with Gasteiger partial charge < -0.3 is 19.9 Å². The van der Waals surface area contributed by atoms with Crippen LogP contribution in [0.2, 0.25) is 5.02 Å². The average Bonchev–Trinajstić information content (AvgIpc) is 2.38. The summed E-state index contributed by atoms with van der Waals surface area (Å²) in [5.74, 6) is 1.21. The summed E-state index contributed by atoms with van der Waals surface area (Å²) < 4.78 is 16.3. The third kappa shape index (κ3) is 5.19. The lowest BCUT2D eigenvalue weighted by Gasteiger charge is -2.19. The Morgan fingerprint density at radius 2 is 1.95 bits per heavy atom. The molecule has 4 nitrogen and oxygen atoms in total. The van der Waals surface area contributed by atoms with Gasteiger partial charge in [0.15, 0.2) is 11.5 Å². The Kier molecular flexibility index (Phi) is 7.13. The van der Waals surface area contributed by atoms with E-state index >= 15 is 0 Å². The maximum atomic E-state index is 6.30. The molecule has 0 bridgehead atoms. The predicted octanol–water partition coefficient (Wildman–Crippen LogP) is 3.04. The van der Waals surface area contributed by atoms with E-state index in [4.69, 9.17) is 31.5 Å². The Balaban J connectivity index is 2.89. The molecule has 1 rings (SSSR count). The standard InChI is InChI=1S/C15H24ClNO3/c1-10(17)7-12-8-13(16)15(14(9-12)19-4)20-11(2)5-6-18-3/h8-11H,5-7,17H2,1-4H3. The quantitative estimate of drug-likeness (QED) is 0.802. The first-order valence-electron chi connectivity index (χ1n) is 6.75. The van der Waals surface area contributed by atoms with Crippen LogP contribution in [0, 0.1) is 0 Å². The zero-order chi connectivity index (χ0) is 15.1. The van der Waals surface area contributed by atoms with E-state index in [1.54, 1.807) is 14.2 Å². The number of halogens is 1. The van der Waals surface area contributed by atoms with Crippen molar-refractivity contribution in [2.24, 2.45) is 5.73 Å². The minimum atomic E-state index is 0.000585. The summed E-state index contributed by atoms with van der Waals surface area (Å²) in [4.78, 5) is 0. The number of rotatable bonds is 8. The van der Waals surface area contributed by atoms with Gasteiger partial charge in [0.25, 0.3) is 0 Å². The minimum Gasteiger partial charge on any atom is -0.493 e. The van der Waals surface area contributed by atoms with Crippen LogP contribution in [0.3, 0.4) is 0 Å². The molecule has 0 fully saturated rings. The van der Waals surface area contributed by atoms with Crippen LogP contribution in [0.15, 0.2) is 12.1 Å². The Morgan fingerprint density at radius 3 is 2.50 bits per heavy atom. The van der Waals surface area contributed by atoms with Crippen molar-refractivity contribution in [1.82, 2.24) is 0 Å². The van der Waals surface area contributed by atoms with E-state index in [1.807, 2.05) is 26.0 Å². The van der Waals surface area contributed by atoms with Crippen LogP contribution in [0.25, 0.3) is 0 Å². The van der Waals surface area contributed by atoms with E-state index in [1.165, 1.54) is 0 Å². The first-order chi connectivity index (χ1) is 9.47. The summed E-state index contributed by atoms with van der Waals surface area (Å²) in [6.07, 6.45) is 1.54. The molecule has 0 aromatic heterocycles. The Labute approximate surface area is 126 Å². The lowest BCUT2D eigenvalue weighted by Crippen LogP contribution is -2.18. The van der Waals surface area contributed by atoms with E-state index in [0.29, 0.717) is 23.1 Å². The Morgan fingerprint density at radius 1 is 1.25 bits per heavy atom. The maximum absolute atomic E-state index is 6.30. The van der Waals surface area contributed by atoms with E-state index in [2.05, 4.69) is 0 Å². The highest BCUT2D eigenvalue weighted by Crippen LogP contribution is 2.37. The summed E-state index contributed by atoms with van der Waals surface area (Å²) in [5, 5.41) is 0.546. The van der Waals surface area contributed by atoms with E-state index in [0.717, 1.165) is 18.4 Å². The van der Waals surface area contributed by atoms with Gasteiger partial charge in [-0.15, -0.1) is 0 Å². The van der Waals surface area contributed by atoms with Crippen LogP contribution in [-0.2, 0) is 11.2 Å². The van der Waals surface area contributed by atoms with Gasteiger partial charge >= 0.3 is 0 Å². The van der Waals surface area contributed by atoms with Gasteiger partial charge in [-0.25, -0.2) is 0 Å². The number of nitrogens with two attached hydrogens (primary N) is 1. The molecule has 20 heavy (non-hydrogen) atoms. The molecule has 2 unspecified atom stereocenters. The van der Waals surface area contributed by atoms with Gasteiger partial charge in [0.05, 0.1) is 18.2 Å². The predicted molar refractivity (Wildman–Crippen MR) is 81.9 cm³/mol. The van der Waals surface area contributed by atoms with Crippen molar-refractivity contribution in [3.05, 3.63) is 22.7 Å². The summed E-state index contributed by atoms with van der Waals surface area (Å²) in [7, 11) is 3.27. The van der Waals surface area contributed by atoms with Gasteiger partial charge in [-0.3, -0.25) is 0 Å². The van der Waals surface area contributed by atoms with Crippen LogP contribution < -0.4 is 15.2 Å². The van der Waals surface area contributed by atoms with Gasteiger partial charge in [-0.05, 0) is 38.0 Å². The van der Waals surface area contributed by atoms with Gasteiger partial charge in [0, 0.05) is 26.2 Å². The third-order valence-corrected chi connectivity index (χ3v) is 3.18. The fourth-order valence-electron chi connectivity index (χ4n) is 1.92. The number of hydrogen-bond donors (Lipinski definition) is 1. The number of benzene rings is 1. The molecule has 0 amide bonds. The monoisotopic (exact) mass is 301 g/mol. The second-order valence-corrected chi connectivity index (χ2v) is 5.41. The zero-order valence-electron chi connectivity index (χ0n) is 12.6. The van der Waals surface area contributed by atoms with Crippen molar-refractivity contribution in [3.63, 3.8) is 0 Å². The van der Waals surface area contributed by atoms with Gasteiger partial charge in [0.1, 0.15) is 0 Å². The highest BCUT2D eigenvalue weighted by molar-refractivity contribution is 6.32. The normalized spacial score (nSPS) is 13.9. The number of hydrogen-bond acceptors (Lipinski definition) is 4. The van der Waals surface area contributed by atoms with Gasteiger partial charge in [-0.2, -0.15) is 0 Å². The molecule has 0 radical (unpaired) electrons. The first-order valence-corrected chi connectivity index (χ1v) is 7.13. The highest BCUT2D eigenvalue weighted by Gasteiger charge is 2.15. The largest absolute Gasteiger partial charge is 0.493 e. The molecule has 0 aliphatic rings. The molecular formula is C15H24ClNO3. The Bertz CT molecular complexity index is 424. The molecule has 2 atom stereocenters. The van der Waals surface area contributed by atoms with Crippen LogP contribution in [0.5, 0.6) is 11.5 Å². The van der Waals surface area contributed by atoms with Crippen molar-refractivity contribution < 1.29 is 14.2 Å². The second-order valence-electron chi connectivity index (χ2n) is 5.00. The smallest absolute Gasteiger partial charge is 0.180 e. The van der Waals surface area contributed by atoms with Crippen LogP contribution >= 0.6 is 11.6 Å². The topological polar surface area (TPSA) is 53.7 Å². The summed E-state index contributed by atoms with van der Waals surface area (Å²) in [6.45, 7) is 4.58. The van der Waals surface area contributed by atoms with Crippen LogP contribution in [0.1, 0.15) is 25.8 Å². The van der Waals surface area contributed by atoms with Crippen molar-refractivity contribution in [1.29, 1.82) is 0 Å². The molecule has 2 N–H and O–H groups in total. The van der Waals surface area contributed by atoms with E-state index < -0.39 is 0 Å². The molecule has 0 spiro atoms.